The minimum atomic E-state index is 0.0391. The van der Waals surface area contributed by atoms with Gasteiger partial charge >= 0.3 is 0 Å². The summed E-state index contributed by atoms with van der Waals surface area (Å²) in [6.45, 7) is 4.80. The molecule has 1 unspecified atom stereocenters. The fraction of sp³-hybridized carbons (Fsp3) is 0.128. The highest BCUT2D eigenvalue weighted by atomic mass is 14.5. The number of fused-ring (bicyclic) bond motifs is 6. The predicted molar refractivity (Wildman–Crippen MR) is 167 cm³/mol. The summed E-state index contributed by atoms with van der Waals surface area (Å²) in [6, 6.07) is 42.6. The Labute approximate surface area is 229 Å². The van der Waals surface area contributed by atoms with Gasteiger partial charge in [0, 0.05) is 11.3 Å². The summed E-state index contributed by atoms with van der Waals surface area (Å²) in [7, 11) is 0. The van der Waals surface area contributed by atoms with Gasteiger partial charge in [-0.25, -0.2) is 0 Å². The maximum absolute atomic E-state index is 2.53. The first-order chi connectivity index (χ1) is 19.1. The first-order valence-corrected chi connectivity index (χ1v) is 14.1. The van der Waals surface area contributed by atoms with Crippen LogP contribution in [0.3, 0.4) is 0 Å². The van der Waals surface area contributed by atoms with E-state index in [-0.39, 0.29) is 5.41 Å². The molecular formula is C39H30. The van der Waals surface area contributed by atoms with Crippen LogP contribution in [0.2, 0.25) is 0 Å². The van der Waals surface area contributed by atoms with Crippen molar-refractivity contribution >= 4 is 37.9 Å². The Bertz CT molecular complexity index is 1960. The average Bonchev–Trinajstić information content (AvgIpc) is 3.21. The van der Waals surface area contributed by atoms with Crippen LogP contribution in [0.25, 0.3) is 49.0 Å². The summed E-state index contributed by atoms with van der Waals surface area (Å²) in [4.78, 5) is 0. The molecule has 6 aromatic rings. The van der Waals surface area contributed by atoms with E-state index in [2.05, 4.69) is 141 Å². The highest BCUT2D eigenvalue weighted by Gasteiger charge is 2.42. The molecule has 1 atom stereocenters. The van der Waals surface area contributed by atoms with Gasteiger partial charge in [-0.15, -0.1) is 0 Å². The molecule has 0 bridgehead atoms. The molecule has 2 aliphatic rings. The van der Waals surface area contributed by atoms with Gasteiger partial charge in [0.05, 0.1) is 0 Å². The molecule has 0 saturated carbocycles. The summed E-state index contributed by atoms with van der Waals surface area (Å²) >= 11 is 0. The van der Waals surface area contributed by atoms with E-state index in [0.29, 0.717) is 5.92 Å². The molecule has 186 valence electrons. The van der Waals surface area contributed by atoms with E-state index in [1.807, 2.05) is 0 Å². The summed E-state index contributed by atoms with van der Waals surface area (Å²) < 4.78 is 0. The van der Waals surface area contributed by atoms with Crippen LogP contribution < -0.4 is 0 Å². The standard InChI is InChI=1S/C39H30/c1-39(2)35-18-10-9-13-29(35)30-22-21-28(24-36(30)39)38-33-16-7-5-14-31(33)37(32-15-6-8-17-34(32)38)27-20-19-25-11-3-4-12-26(25)23-27/h3-21,23-24,30H,22H2,1-2H3. The van der Waals surface area contributed by atoms with E-state index < -0.39 is 0 Å². The summed E-state index contributed by atoms with van der Waals surface area (Å²) in [5, 5.41) is 7.85. The maximum atomic E-state index is 2.53. The zero-order valence-electron chi connectivity index (χ0n) is 22.4. The Balaban J connectivity index is 1.40. The van der Waals surface area contributed by atoms with Gasteiger partial charge in [-0.05, 0) is 78.2 Å². The minimum Gasteiger partial charge on any atom is -0.0757 e. The van der Waals surface area contributed by atoms with E-state index in [9.17, 15) is 0 Å². The number of hydrogen-bond acceptors (Lipinski definition) is 0. The van der Waals surface area contributed by atoms with Crippen molar-refractivity contribution < 1.29 is 0 Å². The molecule has 0 saturated heterocycles. The largest absolute Gasteiger partial charge is 0.0757 e. The van der Waals surface area contributed by atoms with Crippen molar-refractivity contribution in [2.75, 3.05) is 0 Å². The highest BCUT2D eigenvalue weighted by Crippen LogP contribution is 2.55. The molecule has 0 amide bonds. The van der Waals surface area contributed by atoms with E-state index in [1.54, 1.807) is 5.57 Å². The summed E-state index contributed by atoms with van der Waals surface area (Å²) in [6.07, 6.45) is 6.07. The van der Waals surface area contributed by atoms with Gasteiger partial charge in [0.25, 0.3) is 0 Å². The Hall–Kier alpha value is -4.42. The second kappa shape index (κ2) is 8.29. The molecule has 0 radical (unpaired) electrons. The second-order valence-electron chi connectivity index (χ2n) is 11.7. The number of benzene rings is 6. The molecule has 0 fully saturated rings. The van der Waals surface area contributed by atoms with Crippen LogP contribution >= 0.6 is 0 Å². The van der Waals surface area contributed by atoms with Crippen LogP contribution in [0, 0.1) is 0 Å². The minimum absolute atomic E-state index is 0.0391. The predicted octanol–water partition coefficient (Wildman–Crippen LogP) is 10.6. The van der Waals surface area contributed by atoms with Gasteiger partial charge in [0.1, 0.15) is 0 Å². The first-order valence-electron chi connectivity index (χ1n) is 14.1. The topological polar surface area (TPSA) is 0 Å². The zero-order valence-corrected chi connectivity index (χ0v) is 22.4. The first kappa shape index (κ1) is 22.6. The van der Waals surface area contributed by atoms with Gasteiger partial charge in [0.15, 0.2) is 0 Å². The van der Waals surface area contributed by atoms with Crippen molar-refractivity contribution in [3.63, 3.8) is 0 Å². The van der Waals surface area contributed by atoms with Crippen molar-refractivity contribution in [2.45, 2.75) is 31.6 Å². The molecule has 39 heavy (non-hydrogen) atoms. The Morgan fingerprint density at radius 3 is 1.90 bits per heavy atom. The summed E-state index contributed by atoms with van der Waals surface area (Å²) in [5.74, 6) is 0.481. The molecule has 0 aliphatic heterocycles. The lowest BCUT2D eigenvalue weighted by Gasteiger charge is -2.28. The maximum Gasteiger partial charge on any atom is 0.0118 e. The van der Waals surface area contributed by atoms with E-state index >= 15 is 0 Å². The average molecular weight is 499 g/mol. The third kappa shape index (κ3) is 3.25. The molecule has 0 N–H and O–H groups in total. The molecule has 2 aliphatic carbocycles. The van der Waals surface area contributed by atoms with Crippen LogP contribution in [0.4, 0.5) is 0 Å². The fourth-order valence-corrected chi connectivity index (χ4v) is 7.40. The van der Waals surface area contributed by atoms with Crippen molar-refractivity contribution in [3.05, 3.63) is 150 Å². The van der Waals surface area contributed by atoms with Gasteiger partial charge < -0.3 is 0 Å². The third-order valence-corrected chi connectivity index (χ3v) is 9.25. The van der Waals surface area contributed by atoms with Crippen LogP contribution in [0.5, 0.6) is 0 Å². The van der Waals surface area contributed by atoms with Gasteiger partial charge in [0.2, 0.25) is 0 Å². The zero-order chi connectivity index (χ0) is 26.1. The van der Waals surface area contributed by atoms with E-state index in [1.165, 1.54) is 65.7 Å². The Morgan fingerprint density at radius 2 is 1.18 bits per heavy atom. The molecule has 0 heteroatoms. The molecule has 8 rings (SSSR count). The summed E-state index contributed by atoms with van der Waals surface area (Å²) in [5.41, 5.74) is 9.90. The third-order valence-electron chi connectivity index (χ3n) is 9.25. The van der Waals surface area contributed by atoms with Gasteiger partial charge in [-0.3, -0.25) is 0 Å². The number of hydrogen-bond donors (Lipinski definition) is 0. The van der Waals surface area contributed by atoms with E-state index in [4.69, 9.17) is 0 Å². The molecule has 0 nitrogen and oxygen atoms in total. The smallest absolute Gasteiger partial charge is 0.0118 e. The SMILES string of the molecule is CC1(C)C2=CC(c3c4ccccc4c(-c4ccc5ccccc5c4)c4ccccc34)=CCC2c2ccccc21. The van der Waals surface area contributed by atoms with Crippen LogP contribution in [-0.4, -0.2) is 0 Å². The van der Waals surface area contributed by atoms with Crippen molar-refractivity contribution in [2.24, 2.45) is 0 Å². The van der Waals surface area contributed by atoms with Crippen molar-refractivity contribution in [3.8, 4) is 11.1 Å². The Kier molecular flexibility index (Phi) is 4.79. The number of rotatable bonds is 2. The Morgan fingerprint density at radius 1 is 0.590 bits per heavy atom. The van der Waals surface area contributed by atoms with Gasteiger partial charge in [-0.2, -0.15) is 0 Å². The normalized spacial score (nSPS) is 17.6. The lowest BCUT2D eigenvalue weighted by molar-refractivity contribution is 0.613. The van der Waals surface area contributed by atoms with Crippen molar-refractivity contribution in [1.29, 1.82) is 0 Å². The van der Waals surface area contributed by atoms with Crippen LogP contribution in [-0.2, 0) is 5.41 Å². The van der Waals surface area contributed by atoms with Crippen LogP contribution in [0.1, 0.15) is 42.9 Å². The van der Waals surface area contributed by atoms with Gasteiger partial charge in [-0.1, -0.05) is 141 Å². The monoisotopic (exact) mass is 498 g/mol. The lowest BCUT2D eigenvalue weighted by Crippen LogP contribution is -2.17. The molecule has 0 spiro atoms. The second-order valence-corrected chi connectivity index (χ2v) is 11.7. The molecule has 6 aromatic carbocycles. The van der Waals surface area contributed by atoms with Crippen LogP contribution in [0.15, 0.2) is 133 Å². The van der Waals surface area contributed by atoms with E-state index in [0.717, 1.165) is 6.42 Å². The molecule has 0 aromatic heterocycles. The van der Waals surface area contributed by atoms with Crippen molar-refractivity contribution in [1.82, 2.24) is 0 Å². The molecule has 0 heterocycles. The number of allylic oxidation sites excluding steroid dienone is 4. The quantitative estimate of drug-likeness (QED) is 0.208. The fourth-order valence-electron chi connectivity index (χ4n) is 7.40. The highest BCUT2D eigenvalue weighted by molar-refractivity contribution is 6.20. The molecular weight excluding hydrogens is 468 g/mol. The lowest BCUT2D eigenvalue weighted by atomic mass is 9.75.